The molecule has 1 aromatic carbocycles. The molecule has 12 heteroatoms. The molecule has 0 aliphatic rings. The molecule has 0 fully saturated rings. The average Bonchev–Trinajstić information content (AvgIpc) is 3.12. The molecule has 0 spiro atoms. The monoisotopic (exact) mass is 437 g/mol. The van der Waals surface area contributed by atoms with E-state index in [0.29, 0.717) is 23.2 Å². The van der Waals surface area contributed by atoms with Crippen molar-refractivity contribution in [2.75, 3.05) is 25.4 Å². The molecule has 0 bridgehead atoms. The maximum absolute atomic E-state index is 10.9. The first-order valence-corrected chi connectivity index (χ1v) is 10.7. The average molecular weight is 438 g/mol. The van der Waals surface area contributed by atoms with Crippen LogP contribution in [-0.4, -0.2) is 52.2 Å². The number of aromatic nitrogens is 1. The van der Waals surface area contributed by atoms with Crippen LogP contribution in [0.25, 0.3) is 0 Å². The fourth-order valence-electron chi connectivity index (χ4n) is 2.23. The van der Waals surface area contributed by atoms with E-state index in [-0.39, 0.29) is 18.3 Å². The summed E-state index contributed by atoms with van der Waals surface area (Å²) in [5.41, 5.74) is 12.2. The number of aliphatic hydroxyl groups is 1. The number of amidine groups is 1. The Labute approximate surface area is 176 Å². The van der Waals surface area contributed by atoms with Crippen molar-refractivity contribution in [3.8, 4) is 0 Å². The summed E-state index contributed by atoms with van der Waals surface area (Å²) in [4.78, 5) is 22.8. The first kappa shape index (κ1) is 22.6. The van der Waals surface area contributed by atoms with E-state index in [1.165, 1.54) is 11.3 Å². The van der Waals surface area contributed by atoms with Gasteiger partial charge in [0.05, 0.1) is 18.3 Å². The van der Waals surface area contributed by atoms with Crippen LogP contribution in [0.3, 0.4) is 0 Å². The lowest BCUT2D eigenvalue weighted by Crippen LogP contribution is -2.32. The highest BCUT2D eigenvalue weighted by atomic mass is 32.2. The van der Waals surface area contributed by atoms with E-state index in [2.05, 4.69) is 20.3 Å². The Morgan fingerprint density at radius 1 is 1.38 bits per heavy atom. The van der Waals surface area contributed by atoms with Crippen LogP contribution in [0.4, 0.5) is 5.13 Å². The van der Waals surface area contributed by atoms with Crippen molar-refractivity contribution >= 4 is 40.0 Å². The van der Waals surface area contributed by atoms with E-state index < -0.39 is 17.6 Å². The minimum absolute atomic E-state index is 0.0299. The van der Waals surface area contributed by atoms with E-state index in [9.17, 15) is 15.2 Å². The number of thioether (sulfide) groups is 1. The summed E-state index contributed by atoms with van der Waals surface area (Å²) < 4.78 is 0. The number of aliphatic imine (C=N–C) groups is 2. The topological polar surface area (TPSA) is 165 Å². The van der Waals surface area contributed by atoms with E-state index in [4.69, 9.17) is 11.5 Å². The molecule has 0 saturated heterocycles. The van der Waals surface area contributed by atoms with Crippen LogP contribution >= 0.6 is 23.1 Å². The van der Waals surface area contributed by atoms with Crippen molar-refractivity contribution < 1.29 is 10.0 Å². The molecule has 0 aliphatic heterocycles. The number of nitrogens with two attached hydrogens (primary N) is 2. The maximum atomic E-state index is 10.9. The fraction of sp³-hybridized carbons (Fsp3) is 0.353. The molecule has 0 saturated carbocycles. The van der Waals surface area contributed by atoms with Crippen LogP contribution in [-0.2, 0) is 5.75 Å². The van der Waals surface area contributed by atoms with Crippen LogP contribution < -0.4 is 16.8 Å². The fourth-order valence-corrected chi connectivity index (χ4v) is 3.79. The Morgan fingerprint density at radius 3 is 2.83 bits per heavy atom. The van der Waals surface area contributed by atoms with E-state index >= 15 is 0 Å². The van der Waals surface area contributed by atoms with Gasteiger partial charge in [-0.15, -0.1) is 11.3 Å². The molecule has 0 radical (unpaired) electrons. The third-order valence-electron chi connectivity index (χ3n) is 3.51. The molecule has 0 aliphatic carbocycles. The number of nitro groups is 1. The molecule has 2 rings (SSSR count). The number of nitrogens with zero attached hydrogens (tertiary/aromatic N) is 4. The van der Waals surface area contributed by atoms with Gasteiger partial charge in [0.1, 0.15) is 0 Å². The molecule has 1 aromatic heterocycles. The summed E-state index contributed by atoms with van der Waals surface area (Å²) in [7, 11) is 0. The zero-order valence-electron chi connectivity index (χ0n) is 15.6. The van der Waals surface area contributed by atoms with Gasteiger partial charge in [-0.2, -0.15) is 16.8 Å². The molecular weight excluding hydrogens is 414 g/mol. The lowest BCUT2D eigenvalue weighted by Gasteiger charge is -2.10. The maximum Gasteiger partial charge on any atom is 0.259 e. The second kappa shape index (κ2) is 12.0. The van der Waals surface area contributed by atoms with Crippen molar-refractivity contribution in [3.63, 3.8) is 0 Å². The summed E-state index contributed by atoms with van der Waals surface area (Å²) in [6.45, 7) is 0.142. The molecule has 0 amide bonds. The van der Waals surface area contributed by atoms with Gasteiger partial charge in [-0.25, -0.2) is 4.98 Å². The number of thiazole rings is 1. The van der Waals surface area contributed by atoms with Crippen molar-refractivity contribution in [2.24, 2.45) is 21.5 Å². The van der Waals surface area contributed by atoms with Gasteiger partial charge in [-0.05, 0) is 5.56 Å². The number of hydrogen-bond acceptors (Lipinski definition) is 8. The summed E-state index contributed by atoms with van der Waals surface area (Å²) in [5.74, 6) is 1.59. The molecule has 1 atom stereocenters. The summed E-state index contributed by atoms with van der Waals surface area (Å²) in [6.07, 6.45) is -0.807. The molecular formula is C17H23N7O3S2. The highest BCUT2D eigenvalue weighted by Crippen LogP contribution is 2.21. The molecule has 10 nitrogen and oxygen atoms in total. The second-order valence-electron chi connectivity index (χ2n) is 5.84. The van der Waals surface area contributed by atoms with Crippen LogP contribution in [0.2, 0.25) is 0 Å². The predicted octanol–water partition coefficient (Wildman–Crippen LogP) is 1.28. The van der Waals surface area contributed by atoms with Crippen LogP contribution in [0.5, 0.6) is 0 Å². The van der Waals surface area contributed by atoms with Gasteiger partial charge >= 0.3 is 0 Å². The van der Waals surface area contributed by atoms with Crippen LogP contribution in [0, 0.1) is 10.1 Å². The minimum Gasteiger partial charge on any atom is -0.386 e. The summed E-state index contributed by atoms with van der Waals surface area (Å²) in [6, 6.07) is 9.06. The number of guanidine groups is 1. The van der Waals surface area contributed by atoms with Gasteiger partial charge in [0.2, 0.25) is 5.13 Å². The predicted molar refractivity (Wildman–Crippen MR) is 117 cm³/mol. The van der Waals surface area contributed by atoms with Crippen molar-refractivity contribution in [3.05, 3.63) is 57.1 Å². The lowest BCUT2D eigenvalue weighted by molar-refractivity contribution is -0.463. The number of benzene rings is 1. The van der Waals surface area contributed by atoms with Gasteiger partial charge < -0.3 is 21.9 Å². The number of aliphatic hydroxyl groups excluding tert-OH is 1. The van der Waals surface area contributed by atoms with Crippen molar-refractivity contribution in [2.45, 2.75) is 11.9 Å². The second-order valence-corrected chi connectivity index (χ2v) is 7.78. The Bertz CT molecular complexity index is 839. The van der Waals surface area contributed by atoms with Crippen molar-refractivity contribution in [1.29, 1.82) is 0 Å². The Kier molecular flexibility index (Phi) is 9.34. The first-order valence-electron chi connectivity index (χ1n) is 8.68. The number of nitrogens with one attached hydrogen (secondary N) is 1. The summed E-state index contributed by atoms with van der Waals surface area (Å²) >= 11 is 2.97. The molecule has 1 unspecified atom stereocenters. The van der Waals surface area contributed by atoms with E-state index in [1.807, 2.05) is 23.6 Å². The first-order chi connectivity index (χ1) is 13.9. The highest BCUT2D eigenvalue weighted by molar-refractivity contribution is 7.98. The third-order valence-corrected chi connectivity index (χ3v) is 5.28. The zero-order valence-corrected chi connectivity index (χ0v) is 17.2. The third kappa shape index (κ3) is 8.89. The van der Waals surface area contributed by atoms with Gasteiger partial charge in [0.25, 0.3) is 6.54 Å². The normalized spacial score (nSPS) is 12.4. The van der Waals surface area contributed by atoms with Gasteiger partial charge in [0.15, 0.2) is 11.8 Å². The summed E-state index contributed by atoms with van der Waals surface area (Å²) in [5, 5.41) is 26.4. The Balaban J connectivity index is 1.77. The largest absolute Gasteiger partial charge is 0.386 e. The SMILES string of the molecule is NC(N)=Nc1nc(CSCCNC(C[N+](=O)[O-])=NCC(O)c2ccccc2)cs1. The molecule has 2 aromatic rings. The van der Waals surface area contributed by atoms with Crippen LogP contribution in [0.1, 0.15) is 17.4 Å². The lowest BCUT2D eigenvalue weighted by atomic mass is 10.1. The van der Waals surface area contributed by atoms with Gasteiger partial charge in [-0.1, -0.05) is 30.3 Å². The van der Waals surface area contributed by atoms with Gasteiger partial charge in [0, 0.05) is 28.4 Å². The number of hydrogen-bond donors (Lipinski definition) is 4. The Morgan fingerprint density at radius 2 is 2.14 bits per heavy atom. The minimum atomic E-state index is -0.807. The van der Waals surface area contributed by atoms with Gasteiger partial charge in [-0.3, -0.25) is 15.1 Å². The molecule has 1 heterocycles. The van der Waals surface area contributed by atoms with Crippen LogP contribution in [0.15, 0.2) is 45.7 Å². The quantitative estimate of drug-likeness (QED) is 0.134. The molecule has 6 N–H and O–H groups in total. The smallest absolute Gasteiger partial charge is 0.259 e. The zero-order chi connectivity index (χ0) is 21.1. The molecule has 29 heavy (non-hydrogen) atoms. The van der Waals surface area contributed by atoms with E-state index in [1.54, 1.807) is 23.9 Å². The Hall–Kier alpha value is -2.70. The van der Waals surface area contributed by atoms with E-state index in [0.717, 1.165) is 11.3 Å². The highest BCUT2D eigenvalue weighted by Gasteiger charge is 2.10. The number of rotatable bonds is 11. The molecule has 156 valence electrons. The van der Waals surface area contributed by atoms with Crippen molar-refractivity contribution in [1.82, 2.24) is 10.3 Å². The standard InChI is InChI=1S/C17H23N7O3S2/c18-16(19)23-17-22-13(11-29-17)10-28-7-6-20-15(9-24(26)27)21-8-14(25)12-4-2-1-3-5-12/h1-5,11,14,25H,6-10H2,(H,20,21)(H4,18,19,22,23).